The number of hydrogen-bond donors (Lipinski definition) is 2. The molecule has 0 aromatic rings. The van der Waals surface area contributed by atoms with E-state index in [0.717, 1.165) is 0 Å². The number of hydrogen-bond acceptors (Lipinski definition) is 4. The van der Waals surface area contributed by atoms with Crippen LogP contribution in [-0.4, -0.2) is 29.2 Å². The van der Waals surface area contributed by atoms with E-state index in [0.29, 0.717) is 0 Å². The highest BCUT2D eigenvalue weighted by atomic mass is 16.6. The van der Waals surface area contributed by atoms with Gasteiger partial charge in [0.25, 0.3) is 0 Å². The van der Waals surface area contributed by atoms with Crippen LogP contribution in [0.4, 0.5) is 0 Å². The summed E-state index contributed by atoms with van der Waals surface area (Å²) >= 11 is 0. The molecule has 0 saturated carbocycles. The summed E-state index contributed by atoms with van der Waals surface area (Å²) in [5, 5.41) is 8.75. The zero-order valence-electron chi connectivity index (χ0n) is 10.3. The van der Waals surface area contributed by atoms with Gasteiger partial charge in [0.05, 0.1) is 11.8 Å². The first kappa shape index (κ1) is 14.9. The summed E-state index contributed by atoms with van der Waals surface area (Å²) in [4.78, 5) is 22.3. The van der Waals surface area contributed by atoms with Gasteiger partial charge < -0.3 is 15.6 Å². The maximum atomic E-state index is 11.7. The molecule has 0 aromatic carbocycles. The molecule has 0 aliphatic heterocycles. The fraction of sp³-hybridized carbons (Fsp3) is 0.818. The Balaban J connectivity index is 4.39. The number of rotatable bonds is 5. The van der Waals surface area contributed by atoms with Crippen LogP contribution in [0, 0.1) is 11.8 Å². The predicted octanol–water partition coefficient (Wildman–Crippen LogP) is 1.01. The molecule has 0 spiro atoms. The Labute approximate surface area is 96.0 Å². The molecule has 0 saturated heterocycles. The molecule has 3 N–H and O–H groups in total. The van der Waals surface area contributed by atoms with Crippen molar-refractivity contribution in [3.05, 3.63) is 0 Å². The van der Waals surface area contributed by atoms with Gasteiger partial charge in [-0.2, -0.15) is 0 Å². The second-order valence-electron chi connectivity index (χ2n) is 4.94. The number of carboxylic acids is 1. The van der Waals surface area contributed by atoms with Crippen LogP contribution in [0.1, 0.15) is 34.1 Å². The Kier molecular flexibility index (Phi) is 5.44. The average molecular weight is 231 g/mol. The molecule has 0 fully saturated rings. The highest BCUT2D eigenvalue weighted by molar-refractivity contribution is 5.75. The summed E-state index contributed by atoms with van der Waals surface area (Å²) in [6, 6.07) is 0. The van der Waals surface area contributed by atoms with Crippen LogP contribution < -0.4 is 5.73 Å². The van der Waals surface area contributed by atoms with Gasteiger partial charge in [-0.15, -0.1) is 0 Å². The van der Waals surface area contributed by atoms with Crippen LogP contribution in [0.15, 0.2) is 0 Å². The molecule has 5 nitrogen and oxygen atoms in total. The summed E-state index contributed by atoms with van der Waals surface area (Å²) in [6.07, 6.45) is 0.209. The Hall–Kier alpha value is -1.10. The third-order valence-corrected chi connectivity index (χ3v) is 2.08. The quantitative estimate of drug-likeness (QED) is 0.689. The van der Waals surface area contributed by atoms with Crippen molar-refractivity contribution in [1.82, 2.24) is 0 Å². The fourth-order valence-corrected chi connectivity index (χ4v) is 1.20. The fourth-order valence-electron chi connectivity index (χ4n) is 1.20. The summed E-state index contributed by atoms with van der Waals surface area (Å²) in [6.45, 7) is 6.94. The number of ether oxygens (including phenoxy) is 1. The Morgan fingerprint density at radius 2 is 1.88 bits per heavy atom. The van der Waals surface area contributed by atoms with E-state index in [1.54, 1.807) is 27.7 Å². The van der Waals surface area contributed by atoms with E-state index in [2.05, 4.69) is 0 Å². The van der Waals surface area contributed by atoms with E-state index in [1.165, 1.54) is 0 Å². The Morgan fingerprint density at radius 1 is 1.38 bits per heavy atom. The maximum Gasteiger partial charge on any atom is 0.310 e. The van der Waals surface area contributed by atoms with Gasteiger partial charge in [0.2, 0.25) is 0 Å². The van der Waals surface area contributed by atoms with Crippen molar-refractivity contribution < 1.29 is 19.4 Å². The van der Waals surface area contributed by atoms with Crippen LogP contribution in [0.2, 0.25) is 0 Å². The van der Waals surface area contributed by atoms with Crippen LogP contribution in [0.5, 0.6) is 0 Å². The van der Waals surface area contributed by atoms with E-state index in [4.69, 9.17) is 15.6 Å². The minimum absolute atomic E-state index is 0.104. The molecular weight excluding hydrogens is 210 g/mol. The first-order valence-corrected chi connectivity index (χ1v) is 5.33. The molecular formula is C11H21NO4. The van der Waals surface area contributed by atoms with E-state index in [1.807, 2.05) is 0 Å². The summed E-state index contributed by atoms with van der Waals surface area (Å²) in [7, 11) is 0. The zero-order valence-corrected chi connectivity index (χ0v) is 10.3. The average Bonchev–Trinajstić information content (AvgIpc) is 2.10. The van der Waals surface area contributed by atoms with Gasteiger partial charge >= 0.3 is 11.9 Å². The topological polar surface area (TPSA) is 89.6 Å². The lowest BCUT2D eigenvalue weighted by atomic mass is 9.96. The normalized spacial score (nSPS) is 15.3. The van der Waals surface area contributed by atoms with Crippen LogP contribution in [0.25, 0.3) is 0 Å². The van der Waals surface area contributed by atoms with Crippen LogP contribution in [-0.2, 0) is 14.3 Å². The number of nitrogens with two attached hydrogens (primary N) is 1. The molecule has 16 heavy (non-hydrogen) atoms. The first-order chi connectivity index (χ1) is 7.17. The number of aliphatic carboxylic acids is 1. The van der Waals surface area contributed by atoms with Crippen molar-refractivity contribution in [3.8, 4) is 0 Å². The number of carbonyl (C=O) groups is 2. The Morgan fingerprint density at radius 3 is 2.19 bits per heavy atom. The molecule has 0 radical (unpaired) electrons. The monoisotopic (exact) mass is 231 g/mol. The summed E-state index contributed by atoms with van der Waals surface area (Å²) < 4.78 is 5.16. The smallest absolute Gasteiger partial charge is 0.310 e. The highest BCUT2D eigenvalue weighted by Crippen LogP contribution is 2.17. The molecule has 2 atom stereocenters. The molecule has 0 heterocycles. The third kappa shape index (κ3) is 5.70. The molecule has 0 aliphatic rings. The highest BCUT2D eigenvalue weighted by Gasteiger charge is 2.27. The summed E-state index contributed by atoms with van der Waals surface area (Å²) in [5.74, 6) is -2.50. The van der Waals surface area contributed by atoms with E-state index in [9.17, 15) is 9.59 Å². The second kappa shape index (κ2) is 5.84. The van der Waals surface area contributed by atoms with Gasteiger partial charge in [-0.25, -0.2) is 0 Å². The van der Waals surface area contributed by atoms with E-state index in [-0.39, 0.29) is 13.0 Å². The third-order valence-electron chi connectivity index (χ3n) is 2.08. The zero-order chi connectivity index (χ0) is 12.9. The largest absolute Gasteiger partial charge is 0.481 e. The lowest BCUT2D eigenvalue weighted by molar-refractivity contribution is -0.160. The van der Waals surface area contributed by atoms with Gasteiger partial charge in [-0.05, 0) is 27.2 Å². The van der Waals surface area contributed by atoms with E-state index < -0.39 is 29.4 Å². The van der Waals surface area contributed by atoms with Gasteiger partial charge in [-0.1, -0.05) is 6.92 Å². The van der Waals surface area contributed by atoms with Crippen molar-refractivity contribution in [2.45, 2.75) is 39.7 Å². The first-order valence-electron chi connectivity index (χ1n) is 5.33. The Bertz CT molecular complexity index is 257. The lowest BCUT2D eigenvalue weighted by Gasteiger charge is -2.24. The number of esters is 1. The van der Waals surface area contributed by atoms with Gasteiger partial charge in [0.15, 0.2) is 0 Å². The maximum absolute atomic E-state index is 11.7. The molecule has 5 heteroatoms. The van der Waals surface area contributed by atoms with Crippen molar-refractivity contribution in [2.75, 3.05) is 6.54 Å². The standard InChI is InChI=1S/C11H21NO4/c1-7(9(13)14)5-8(6-12)10(15)16-11(2,3)4/h7-8H,5-6,12H2,1-4H3,(H,13,14). The minimum Gasteiger partial charge on any atom is -0.481 e. The SMILES string of the molecule is CC(CC(CN)C(=O)OC(C)(C)C)C(=O)O. The number of carbonyl (C=O) groups excluding carboxylic acids is 1. The van der Waals surface area contributed by atoms with Crippen molar-refractivity contribution in [3.63, 3.8) is 0 Å². The number of carboxylic acid groups (broad SMARTS) is 1. The van der Waals surface area contributed by atoms with Crippen molar-refractivity contribution in [1.29, 1.82) is 0 Å². The molecule has 0 bridgehead atoms. The molecule has 94 valence electrons. The molecule has 0 amide bonds. The van der Waals surface area contributed by atoms with Crippen molar-refractivity contribution in [2.24, 2.45) is 17.6 Å². The van der Waals surface area contributed by atoms with Gasteiger partial charge in [0, 0.05) is 6.54 Å². The van der Waals surface area contributed by atoms with Crippen molar-refractivity contribution >= 4 is 11.9 Å². The molecule has 0 aliphatic carbocycles. The predicted molar refractivity (Wildman–Crippen MR) is 59.8 cm³/mol. The second-order valence-corrected chi connectivity index (χ2v) is 4.94. The van der Waals surface area contributed by atoms with Gasteiger partial charge in [-0.3, -0.25) is 9.59 Å². The molecule has 0 aromatic heterocycles. The molecule has 2 unspecified atom stereocenters. The van der Waals surface area contributed by atoms with Crippen LogP contribution >= 0.6 is 0 Å². The van der Waals surface area contributed by atoms with Crippen LogP contribution in [0.3, 0.4) is 0 Å². The molecule has 0 rings (SSSR count). The van der Waals surface area contributed by atoms with E-state index >= 15 is 0 Å². The summed E-state index contributed by atoms with van der Waals surface area (Å²) in [5.41, 5.74) is 4.87. The minimum atomic E-state index is -0.929. The van der Waals surface area contributed by atoms with Gasteiger partial charge in [0.1, 0.15) is 5.60 Å². The lowest BCUT2D eigenvalue weighted by Crippen LogP contribution is -2.34.